The van der Waals surface area contributed by atoms with Gasteiger partial charge in [0, 0.05) is 38.0 Å². The first kappa shape index (κ1) is 22.0. The van der Waals surface area contributed by atoms with E-state index in [1.54, 1.807) is 0 Å². The van der Waals surface area contributed by atoms with Crippen molar-refractivity contribution in [2.24, 2.45) is 5.92 Å². The highest BCUT2D eigenvalue weighted by molar-refractivity contribution is 5.79. The van der Waals surface area contributed by atoms with Crippen LogP contribution in [0.1, 0.15) is 58.9 Å². The second-order valence-corrected chi connectivity index (χ2v) is 8.44. The van der Waals surface area contributed by atoms with Crippen molar-refractivity contribution in [3.05, 3.63) is 18.0 Å². The van der Waals surface area contributed by atoms with Gasteiger partial charge in [-0.3, -0.25) is 4.79 Å². The van der Waals surface area contributed by atoms with Crippen LogP contribution in [-0.4, -0.2) is 64.8 Å². The molecule has 1 aliphatic carbocycles. The minimum Gasteiger partial charge on any atom is -0.376 e. The zero-order chi connectivity index (χ0) is 20.8. The van der Waals surface area contributed by atoms with Crippen molar-refractivity contribution >= 4 is 11.9 Å². The third-order valence-corrected chi connectivity index (χ3v) is 5.83. The van der Waals surface area contributed by atoms with E-state index in [2.05, 4.69) is 29.1 Å². The largest absolute Gasteiger partial charge is 0.376 e. The number of rotatable bonds is 7. The molecule has 2 aliphatic rings. The standard InChI is InChI=1S/C22H36N4O3/c1-5-9-28-20-8-7-18(21(27)26-13-15(3)29-16(4)14-26)10-19(20)25-22-23-11-17(6-2)12-24-22/h11-12,15-16,18-20H,5-10,13-14H2,1-4H3,(H,23,24,25)/t15-,16+,18-,19+,20+/m0/s1. The number of nitrogens with zero attached hydrogens (tertiary/aromatic N) is 3. The summed E-state index contributed by atoms with van der Waals surface area (Å²) < 4.78 is 11.9. The Kier molecular flexibility index (Phi) is 7.84. The van der Waals surface area contributed by atoms with E-state index in [4.69, 9.17) is 9.47 Å². The predicted octanol–water partition coefficient (Wildman–Crippen LogP) is 3.05. The summed E-state index contributed by atoms with van der Waals surface area (Å²) in [6, 6.07) is 0.0348. The molecule has 162 valence electrons. The maximum Gasteiger partial charge on any atom is 0.225 e. The van der Waals surface area contributed by atoms with Gasteiger partial charge in [0.05, 0.1) is 24.4 Å². The quantitative estimate of drug-likeness (QED) is 0.753. The molecule has 1 saturated heterocycles. The van der Waals surface area contributed by atoms with Crippen molar-refractivity contribution in [1.29, 1.82) is 0 Å². The van der Waals surface area contributed by atoms with Crippen LogP contribution < -0.4 is 5.32 Å². The van der Waals surface area contributed by atoms with Crippen LogP contribution >= 0.6 is 0 Å². The third-order valence-electron chi connectivity index (χ3n) is 5.83. The molecule has 1 aromatic heterocycles. The molecule has 1 amide bonds. The molecule has 7 heteroatoms. The summed E-state index contributed by atoms with van der Waals surface area (Å²) >= 11 is 0. The minimum absolute atomic E-state index is 0.00129. The van der Waals surface area contributed by atoms with Crippen LogP contribution in [0.15, 0.2) is 12.4 Å². The van der Waals surface area contributed by atoms with Crippen molar-refractivity contribution < 1.29 is 14.3 Å². The molecule has 2 heterocycles. The number of ether oxygens (including phenoxy) is 2. The second kappa shape index (κ2) is 10.3. The lowest BCUT2D eigenvalue weighted by atomic mass is 9.82. The number of hydrogen-bond acceptors (Lipinski definition) is 6. The van der Waals surface area contributed by atoms with Gasteiger partial charge in [0.1, 0.15) is 0 Å². The molecule has 3 rings (SSSR count). The first-order valence-electron chi connectivity index (χ1n) is 11.1. The van der Waals surface area contributed by atoms with E-state index in [1.807, 2.05) is 31.1 Å². The van der Waals surface area contributed by atoms with Gasteiger partial charge in [0.2, 0.25) is 11.9 Å². The van der Waals surface area contributed by atoms with Gasteiger partial charge in [0.25, 0.3) is 0 Å². The normalized spacial score (nSPS) is 30.2. The first-order chi connectivity index (χ1) is 14.0. The van der Waals surface area contributed by atoms with Gasteiger partial charge in [0.15, 0.2) is 0 Å². The van der Waals surface area contributed by atoms with Gasteiger partial charge < -0.3 is 19.7 Å². The number of aryl methyl sites for hydroxylation is 1. The van der Waals surface area contributed by atoms with Crippen LogP contribution in [0.25, 0.3) is 0 Å². The molecular weight excluding hydrogens is 368 g/mol. The molecule has 0 aromatic carbocycles. The molecule has 0 spiro atoms. The molecule has 5 atom stereocenters. The average Bonchev–Trinajstić information content (AvgIpc) is 2.72. The Hall–Kier alpha value is -1.73. The maximum atomic E-state index is 13.2. The van der Waals surface area contributed by atoms with Crippen molar-refractivity contribution in [2.75, 3.05) is 25.0 Å². The molecule has 7 nitrogen and oxygen atoms in total. The lowest BCUT2D eigenvalue weighted by Gasteiger charge is -2.40. The summed E-state index contributed by atoms with van der Waals surface area (Å²) in [5.41, 5.74) is 1.11. The SMILES string of the molecule is CCCO[C@@H]1CC[C@H](C(=O)N2C[C@@H](C)O[C@@H](C)C2)C[C@H]1Nc1ncc(CC)cn1. The Morgan fingerprint density at radius 3 is 2.52 bits per heavy atom. The highest BCUT2D eigenvalue weighted by atomic mass is 16.5. The fourth-order valence-corrected chi connectivity index (χ4v) is 4.38. The molecular formula is C22H36N4O3. The molecule has 1 N–H and O–H groups in total. The van der Waals surface area contributed by atoms with Crippen molar-refractivity contribution in [1.82, 2.24) is 14.9 Å². The highest BCUT2D eigenvalue weighted by Crippen LogP contribution is 2.31. The number of anilines is 1. The lowest BCUT2D eigenvalue weighted by Crippen LogP contribution is -2.52. The molecule has 0 radical (unpaired) electrons. The summed E-state index contributed by atoms with van der Waals surface area (Å²) in [5.74, 6) is 0.857. The van der Waals surface area contributed by atoms with E-state index in [1.165, 1.54) is 0 Å². The van der Waals surface area contributed by atoms with Crippen LogP contribution in [0.4, 0.5) is 5.95 Å². The first-order valence-corrected chi connectivity index (χ1v) is 11.1. The summed E-state index contributed by atoms with van der Waals surface area (Å²) in [4.78, 5) is 24.1. The fourth-order valence-electron chi connectivity index (χ4n) is 4.38. The Balaban J connectivity index is 1.67. The zero-order valence-corrected chi connectivity index (χ0v) is 18.3. The molecule has 0 unspecified atom stereocenters. The number of carbonyl (C=O) groups is 1. The van der Waals surface area contributed by atoms with Crippen LogP contribution in [0, 0.1) is 5.92 Å². The number of hydrogen-bond donors (Lipinski definition) is 1. The summed E-state index contributed by atoms with van der Waals surface area (Å²) in [6.07, 6.45) is 8.35. The van der Waals surface area contributed by atoms with E-state index in [0.717, 1.165) is 44.3 Å². The highest BCUT2D eigenvalue weighted by Gasteiger charge is 2.38. The molecule has 2 fully saturated rings. The third kappa shape index (κ3) is 5.89. The molecule has 29 heavy (non-hydrogen) atoms. The van der Waals surface area contributed by atoms with Gasteiger partial charge in [-0.1, -0.05) is 13.8 Å². The van der Waals surface area contributed by atoms with Crippen LogP contribution in [0.2, 0.25) is 0 Å². The second-order valence-electron chi connectivity index (χ2n) is 8.44. The number of aromatic nitrogens is 2. The van der Waals surface area contributed by atoms with Crippen LogP contribution in [-0.2, 0) is 20.7 Å². The predicted molar refractivity (Wildman–Crippen MR) is 113 cm³/mol. The van der Waals surface area contributed by atoms with Gasteiger partial charge in [-0.25, -0.2) is 9.97 Å². The number of nitrogens with one attached hydrogen (secondary N) is 1. The fraction of sp³-hybridized carbons (Fsp3) is 0.773. The van der Waals surface area contributed by atoms with Gasteiger partial charge >= 0.3 is 0 Å². The van der Waals surface area contributed by atoms with E-state index in [0.29, 0.717) is 19.0 Å². The van der Waals surface area contributed by atoms with E-state index in [-0.39, 0.29) is 36.2 Å². The van der Waals surface area contributed by atoms with Crippen molar-refractivity contribution in [3.63, 3.8) is 0 Å². The minimum atomic E-state index is 0.00129. The van der Waals surface area contributed by atoms with E-state index in [9.17, 15) is 4.79 Å². The van der Waals surface area contributed by atoms with E-state index < -0.39 is 0 Å². The molecule has 1 aromatic rings. The molecule has 0 bridgehead atoms. The van der Waals surface area contributed by atoms with Crippen LogP contribution in [0.3, 0.4) is 0 Å². The van der Waals surface area contributed by atoms with Crippen molar-refractivity contribution in [2.45, 2.75) is 84.2 Å². The molecule has 1 aliphatic heterocycles. The van der Waals surface area contributed by atoms with Gasteiger partial charge in [-0.05, 0) is 51.5 Å². The molecule has 1 saturated carbocycles. The topological polar surface area (TPSA) is 76.6 Å². The average molecular weight is 405 g/mol. The smallest absolute Gasteiger partial charge is 0.225 e. The zero-order valence-electron chi connectivity index (χ0n) is 18.3. The summed E-state index contributed by atoms with van der Waals surface area (Å²) in [6.45, 7) is 10.4. The monoisotopic (exact) mass is 404 g/mol. The summed E-state index contributed by atoms with van der Waals surface area (Å²) in [5, 5.41) is 3.45. The Bertz CT molecular complexity index is 644. The number of amides is 1. The van der Waals surface area contributed by atoms with Gasteiger partial charge in [-0.15, -0.1) is 0 Å². The summed E-state index contributed by atoms with van der Waals surface area (Å²) in [7, 11) is 0. The van der Waals surface area contributed by atoms with Crippen LogP contribution in [0.5, 0.6) is 0 Å². The number of carbonyl (C=O) groups excluding carboxylic acids is 1. The number of morpholine rings is 1. The maximum absolute atomic E-state index is 13.2. The Morgan fingerprint density at radius 1 is 1.21 bits per heavy atom. The lowest BCUT2D eigenvalue weighted by molar-refractivity contribution is -0.149. The van der Waals surface area contributed by atoms with Crippen molar-refractivity contribution in [3.8, 4) is 0 Å². The Labute approximate surface area is 174 Å². The Morgan fingerprint density at radius 2 is 1.90 bits per heavy atom. The van der Waals surface area contributed by atoms with E-state index >= 15 is 0 Å². The van der Waals surface area contributed by atoms with Gasteiger partial charge in [-0.2, -0.15) is 0 Å².